The topological polar surface area (TPSA) is 87.6 Å². The molecular weight excluding hydrogens is 370 g/mol. The zero-order valence-electron chi connectivity index (χ0n) is 14.4. The van der Waals surface area contributed by atoms with Crippen LogP contribution in [0, 0.1) is 5.92 Å². The van der Waals surface area contributed by atoms with Gasteiger partial charge in [-0.15, -0.1) is 11.3 Å². The summed E-state index contributed by atoms with van der Waals surface area (Å²) in [7, 11) is -3.59. The number of benzene rings is 1. The third kappa shape index (κ3) is 4.70. The first-order valence-electron chi connectivity index (χ1n) is 8.46. The van der Waals surface area contributed by atoms with Gasteiger partial charge in [0.2, 0.25) is 0 Å². The number of sulfonamides is 1. The van der Waals surface area contributed by atoms with Crippen molar-refractivity contribution in [1.29, 1.82) is 0 Å². The highest BCUT2D eigenvalue weighted by atomic mass is 32.2. The van der Waals surface area contributed by atoms with E-state index in [0.29, 0.717) is 17.2 Å². The fraction of sp³-hybridized carbons (Fsp3) is 0.333. The summed E-state index contributed by atoms with van der Waals surface area (Å²) in [6.45, 7) is 2.19. The number of anilines is 1. The Hall–Kier alpha value is -2.19. The van der Waals surface area contributed by atoms with Crippen LogP contribution in [0.1, 0.15) is 43.0 Å². The third-order valence-corrected chi connectivity index (χ3v) is 7.00. The highest BCUT2D eigenvalue weighted by molar-refractivity contribution is 7.94. The van der Waals surface area contributed by atoms with Crippen molar-refractivity contribution in [1.82, 2.24) is 5.43 Å². The lowest BCUT2D eigenvalue weighted by atomic mass is 9.89. The molecule has 1 aliphatic carbocycles. The second kappa shape index (κ2) is 8.01. The van der Waals surface area contributed by atoms with Crippen LogP contribution in [0.3, 0.4) is 0 Å². The van der Waals surface area contributed by atoms with E-state index in [2.05, 4.69) is 22.2 Å². The van der Waals surface area contributed by atoms with Crippen LogP contribution >= 0.6 is 11.3 Å². The smallest absolute Gasteiger partial charge is 0.271 e. The molecule has 138 valence electrons. The highest BCUT2D eigenvalue weighted by Crippen LogP contribution is 2.22. The molecule has 6 nitrogen and oxygen atoms in total. The number of carbonyl (C=O) groups is 1. The SMILES string of the molecule is C[C@H]1CCC/C(=N\NC(=O)c2ccc(NS(=O)(=O)c3cccs3)cc2)C1. The maximum atomic E-state index is 12.2. The first-order valence-corrected chi connectivity index (χ1v) is 10.8. The fourth-order valence-electron chi connectivity index (χ4n) is 2.87. The summed E-state index contributed by atoms with van der Waals surface area (Å²) in [5.41, 5.74) is 4.45. The molecule has 2 aromatic rings. The van der Waals surface area contributed by atoms with Crippen LogP contribution in [-0.4, -0.2) is 20.0 Å². The number of nitrogens with one attached hydrogen (secondary N) is 2. The number of nitrogens with zero attached hydrogens (tertiary/aromatic N) is 1. The molecular formula is C18H21N3O3S2. The van der Waals surface area contributed by atoms with Gasteiger partial charge in [0, 0.05) is 17.0 Å². The van der Waals surface area contributed by atoms with Crippen molar-refractivity contribution in [2.24, 2.45) is 11.0 Å². The minimum atomic E-state index is -3.59. The quantitative estimate of drug-likeness (QED) is 0.759. The molecule has 0 aliphatic heterocycles. The molecule has 26 heavy (non-hydrogen) atoms. The van der Waals surface area contributed by atoms with E-state index in [9.17, 15) is 13.2 Å². The van der Waals surface area contributed by atoms with Crippen LogP contribution in [0.15, 0.2) is 51.1 Å². The monoisotopic (exact) mass is 391 g/mol. The number of thiophene rings is 1. The van der Waals surface area contributed by atoms with Crippen LogP contribution in [0.2, 0.25) is 0 Å². The van der Waals surface area contributed by atoms with Crippen molar-refractivity contribution < 1.29 is 13.2 Å². The molecule has 3 rings (SSSR count). The lowest BCUT2D eigenvalue weighted by Gasteiger charge is -2.18. The van der Waals surface area contributed by atoms with Gasteiger partial charge in [-0.05, 0) is 67.3 Å². The summed E-state index contributed by atoms with van der Waals surface area (Å²) in [5, 5.41) is 5.94. The maximum absolute atomic E-state index is 12.2. The molecule has 0 unspecified atom stereocenters. The van der Waals surface area contributed by atoms with Crippen molar-refractivity contribution in [3.8, 4) is 0 Å². The van der Waals surface area contributed by atoms with E-state index in [0.717, 1.165) is 36.3 Å². The normalized spacial score (nSPS) is 19.3. The predicted molar refractivity (Wildman–Crippen MR) is 104 cm³/mol. The number of hydrazone groups is 1. The number of hydrogen-bond donors (Lipinski definition) is 2. The molecule has 1 atom stereocenters. The molecule has 1 aromatic carbocycles. The molecule has 1 aromatic heterocycles. The Morgan fingerprint density at radius 2 is 2.00 bits per heavy atom. The fourth-order valence-corrected chi connectivity index (χ4v) is 4.92. The highest BCUT2D eigenvalue weighted by Gasteiger charge is 2.16. The second-order valence-electron chi connectivity index (χ2n) is 6.44. The second-order valence-corrected chi connectivity index (χ2v) is 9.29. The molecule has 1 heterocycles. The first kappa shape index (κ1) is 18.6. The molecule has 2 N–H and O–H groups in total. The molecule has 0 bridgehead atoms. The van der Waals surface area contributed by atoms with Gasteiger partial charge in [-0.25, -0.2) is 13.8 Å². The van der Waals surface area contributed by atoms with E-state index in [1.807, 2.05) is 0 Å². The molecule has 8 heteroatoms. The van der Waals surface area contributed by atoms with Crippen molar-refractivity contribution in [3.63, 3.8) is 0 Å². The third-order valence-electron chi connectivity index (χ3n) is 4.22. The van der Waals surface area contributed by atoms with Crippen LogP contribution in [0.25, 0.3) is 0 Å². The maximum Gasteiger partial charge on any atom is 0.271 e. The number of amides is 1. The average molecular weight is 392 g/mol. The largest absolute Gasteiger partial charge is 0.279 e. The lowest BCUT2D eigenvalue weighted by Crippen LogP contribution is -2.22. The van der Waals surface area contributed by atoms with Crippen LogP contribution < -0.4 is 10.1 Å². The number of hydrogen-bond acceptors (Lipinski definition) is 5. The van der Waals surface area contributed by atoms with Crippen molar-refractivity contribution in [3.05, 3.63) is 47.3 Å². The van der Waals surface area contributed by atoms with Crippen molar-refractivity contribution in [2.45, 2.75) is 36.8 Å². The summed E-state index contributed by atoms with van der Waals surface area (Å²) in [6.07, 6.45) is 4.16. The van der Waals surface area contributed by atoms with Gasteiger partial charge >= 0.3 is 0 Å². The van der Waals surface area contributed by atoms with Crippen molar-refractivity contribution in [2.75, 3.05) is 4.72 Å². The molecule has 1 fully saturated rings. The Labute approximate surface area is 157 Å². The summed E-state index contributed by atoms with van der Waals surface area (Å²) >= 11 is 1.15. The van der Waals surface area contributed by atoms with Gasteiger partial charge in [-0.1, -0.05) is 13.0 Å². The van der Waals surface area contributed by atoms with E-state index in [1.165, 1.54) is 6.42 Å². The predicted octanol–water partition coefficient (Wildman–Crippen LogP) is 3.84. The van der Waals surface area contributed by atoms with E-state index in [4.69, 9.17) is 0 Å². The van der Waals surface area contributed by atoms with E-state index in [1.54, 1.807) is 41.8 Å². The summed E-state index contributed by atoms with van der Waals surface area (Å²) in [5.74, 6) is 0.304. The standard InChI is InChI=1S/C18H21N3O3S2/c1-13-4-2-5-16(12-13)19-20-18(22)14-7-9-15(10-8-14)21-26(23,24)17-6-3-11-25-17/h3,6-11,13,21H,2,4-5,12H2,1H3,(H,20,22)/b19-16+/t13-/m0/s1. The first-order chi connectivity index (χ1) is 12.4. The molecule has 1 aliphatic rings. The number of carbonyl (C=O) groups excluding carboxylic acids is 1. The molecule has 0 radical (unpaired) electrons. The molecule has 0 saturated heterocycles. The molecule has 1 saturated carbocycles. The molecule has 0 spiro atoms. The van der Waals surface area contributed by atoms with Crippen LogP contribution in [0.4, 0.5) is 5.69 Å². The Morgan fingerprint density at radius 1 is 1.23 bits per heavy atom. The lowest BCUT2D eigenvalue weighted by molar-refractivity contribution is 0.0954. The van der Waals surface area contributed by atoms with Gasteiger partial charge in [0.25, 0.3) is 15.9 Å². The van der Waals surface area contributed by atoms with Gasteiger partial charge in [0.05, 0.1) is 0 Å². The van der Waals surface area contributed by atoms with Gasteiger partial charge in [-0.3, -0.25) is 9.52 Å². The van der Waals surface area contributed by atoms with Gasteiger partial charge in [0.15, 0.2) is 0 Å². The van der Waals surface area contributed by atoms with Gasteiger partial charge in [-0.2, -0.15) is 5.10 Å². The summed E-state index contributed by atoms with van der Waals surface area (Å²) in [6, 6.07) is 9.50. The van der Waals surface area contributed by atoms with Crippen LogP contribution in [-0.2, 0) is 10.0 Å². The number of rotatable bonds is 5. The zero-order valence-corrected chi connectivity index (χ0v) is 16.1. The van der Waals surface area contributed by atoms with E-state index >= 15 is 0 Å². The minimum Gasteiger partial charge on any atom is -0.279 e. The Morgan fingerprint density at radius 3 is 2.65 bits per heavy atom. The molecule has 1 amide bonds. The summed E-state index contributed by atoms with van der Waals surface area (Å²) in [4.78, 5) is 12.2. The van der Waals surface area contributed by atoms with Crippen molar-refractivity contribution >= 4 is 38.7 Å². The Bertz CT molecular complexity index is 888. The van der Waals surface area contributed by atoms with Gasteiger partial charge in [0.1, 0.15) is 4.21 Å². The van der Waals surface area contributed by atoms with E-state index < -0.39 is 10.0 Å². The zero-order chi connectivity index (χ0) is 18.6. The Balaban J connectivity index is 1.62. The van der Waals surface area contributed by atoms with E-state index in [-0.39, 0.29) is 10.1 Å². The minimum absolute atomic E-state index is 0.247. The van der Waals surface area contributed by atoms with Gasteiger partial charge < -0.3 is 0 Å². The summed E-state index contributed by atoms with van der Waals surface area (Å²) < 4.78 is 27.1. The average Bonchev–Trinajstić information content (AvgIpc) is 3.16. The van der Waals surface area contributed by atoms with Crippen LogP contribution in [0.5, 0.6) is 0 Å². The Kier molecular flexibility index (Phi) is 5.73.